The van der Waals surface area contributed by atoms with Crippen molar-refractivity contribution in [2.24, 2.45) is 40.4 Å². The van der Waals surface area contributed by atoms with Crippen molar-refractivity contribution in [1.82, 2.24) is 0 Å². The Labute approximate surface area is 262 Å². The molecule has 11 atom stereocenters. The second-order valence-corrected chi connectivity index (χ2v) is 14.2. The van der Waals surface area contributed by atoms with Crippen LogP contribution in [0.25, 0.3) is 0 Å². The maximum absolute atomic E-state index is 15.0. The lowest BCUT2D eigenvalue weighted by Gasteiger charge is -2.54. The maximum atomic E-state index is 15.0. The SMILES string of the molecule is CCC(=O)OC1C(C)CC2(O)C(=O)C(C)(OC(C)=O)C3C4C(CC(O)C3(COC(C)=O)C(OC(=O)c3ccccc3)C12)C4(C)C. The first-order chi connectivity index (χ1) is 21.0. The van der Waals surface area contributed by atoms with Crippen LogP contribution in [0.15, 0.2) is 30.3 Å². The number of ether oxygens (including phenoxy) is 4. The van der Waals surface area contributed by atoms with Gasteiger partial charge in [0.15, 0.2) is 5.60 Å². The number of carbonyl (C=O) groups is 5. The van der Waals surface area contributed by atoms with E-state index in [0.717, 1.165) is 6.92 Å². The van der Waals surface area contributed by atoms with Gasteiger partial charge in [-0.25, -0.2) is 4.79 Å². The summed E-state index contributed by atoms with van der Waals surface area (Å²) in [4.78, 5) is 66.9. The number of hydrogen-bond donors (Lipinski definition) is 2. The molecule has 1 aromatic carbocycles. The van der Waals surface area contributed by atoms with Crippen LogP contribution in [-0.2, 0) is 38.1 Å². The summed E-state index contributed by atoms with van der Waals surface area (Å²) in [5.74, 6) is -7.25. The topological polar surface area (TPSA) is 163 Å². The monoisotopic (exact) mass is 628 g/mol. The van der Waals surface area contributed by atoms with Crippen LogP contribution in [0.2, 0.25) is 0 Å². The van der Waals surface area contributed by atoms with Crippen LogP contribution >= 0.6 is 0 Å². The van der Waals surface area contributed by atoms with E-state index in [1.807, 2.05) is 13.8 Å². The molecule has 11 heteroatoms. The lowest BCUT2D eigenvalue weighted by Crippen LogP contribution is -2.65. The molecule has 5 rings (SSSR count). The van der Waals surface area contributed by atoms with Crippen molar-refractivity contribution in [3.8, 4) is 0 Å². The largest absolute Gasteiger partial charge is 0.465 e. The average Bonchev–Trinajstić information content (AvgIpc) is 3.41. The van der Waals surface area contributed by atoms with E-state index in [1.165, 1.54) is 13.8 Å². The maximum Gasteiger partial charge on any atom is 0.338 e. The smallest absolute Gasteiger partial charge is 0.338 e. The van der Waals surface area contributed by atoms with E-state index < -0.39 is 94.4 Å². The van der Waals surface area contributed by atoms with Gasteiger partial charge >= 0.3 is 23.9 Å². The van der Waals surface area contributed by atoms with Gasteiger partial charge in [0, 0.05) is 26.2 Å². The van der Waals surface area contributed by atoms with Gasteiger partial charge in [-0.05, 0) is 55.1 Å². The first-order valence-corrected chi connectivity index (χ1v) is 15.7. The fraction of sp³-hybridized carbons (Fsp3) is 0.676. The number of Topliss-reactive ketones (excluding diaryl/α,β-unsaturated/α-hetero) is 1. The molecular weight excluding hydrogens is 584 g/mol. The molecule has 11 unspecified atom stereocenters. The number of fused-ring (bicyclic) bond motifs is 4. The fourth-order valence-electron chi connectivity index (χ4n) is 9.33. The van der Waals surface area contributed by atoms with Crippen LogP contribution in [0.4, 0.5) is 0 Å². The third-order valence-electron chi connectivity index (χ3n) is 11.2. The van der Waals surface area contributed by atoms with Crippen LogP contribution in [0.1, 0.15) is 78.1 Å². The molecule has 0 radical (unpaired) electrons. The molecule has 0 bridgehead atoms. The van der Waals surface area contributed by atoms with Gasteiger partial charge in [0.1, 0.15) is 24.4 Å². The van der Waals surface area contributed by atoms with Crippen LogP contribution in [-0.4, -0.2) is 76.0 Å². The van der Waals surface area contributed by atoms with Gasteiger partial charge in [-0.1, -0.05) is 45.9 Å². The quantitative estimate of drug-likeness (QED) is 0.337. The van der Waals surface area contributed by atoms with E-state index in [9.17, 15) is 34.2 Å². The molecule has 0 aliphatic heterocycles. The van der Waals surface area contributed by atoms with Crippen molar-refractivity contribution in [1.29, 1.82) is 0 Å². The van der Waals surface area contributed by atoms with Gasteiger partial charge in [-0.15, -0.1) is 0 Å². The van der Waals surface area contributed by atoms with Crippen molar-refractivity contribution in [2.45, 2.75) is 97.2 Å². The molecule has 0 heterocycles. The molecule has 0 aromatic heterocycles. The van der Waals surface area contributed by atoms with Gasteiger partial charge in [-0.3, -0.25) is 19.2 Å². The summed E-state index contributed by atoms with van der Waals surface area (Å²) in [5.41, 5.74) is -6.42. The Balaban J connectivity index is 1.84. The molecule has 45 heavy (non-hydrogen) atoms. The second-order valence-electron chi connectivity index (χ2n) is 14.2. The van der Waals surface area contributed by atoms with Gasteiger partial charge in [-0.2, -0.15) is 0 Å². The molecule has 4 aliphatic carbocycles. The number of esters is 4. The molecule has 4 aliphatic rings. The lowest BCUT2D eigenvalue weighted by atomic mass is 9.55. The first kappa shape index (κ1) is 33.1. The number of hydrogen-bond acceptors (Lipinski definition) is 11. The Morgan fingerprint density at radius 1 is 0.978 bits per heavy atom. The molecular formula is C34H44O11. The molecule has 4 saturated carbocycles. The Hall–Kier alpha value is -3.31. The van der Waals surface area contributed by atoms with E-state index in [1.54, 1.807) is 44.2 Å². The minimum atomic E-state index is -2.32. The molecule has 0 saturated heterocycles. The summed E-state index contributed by atoms with van der Waals surface area (Å²) in [6.07, 6.45) is -3.98. The normalized spacial score (nSPS) is 41.0. The molecule has 0 amide bonds. The first-order valence-electron chi connectivity index (χ1n) is 15.7. The predicted molar refractivity (Wildman–Crippen MR) is 157 cm³/mol. The summed E-state index contributed by atoms with van der Waals surface area (Å²) < 4.78 is 23.9. The van der Waals surface area contributed by atoms with Crippen molar-refractivity contribution in [3.05, 3.63) is 35.9 Å². The molecule has 1 aromatic rings. The van der Waals surface area contributed by atoms with Crippen LogP contribution < -0.4 is 0 Å². The van der Waals surface area contributed by atoms with Crippen LogP contribution in [0.3, 0.4) is 0 Å². The number of carbonyl (C=O) groups excluding carboxylic acids is 5. The van der Waals surface area contributed by atoms with Crippen molar-refractivity contribution in [3.63, 3.8) is 0 Å². The number of aliphatic hydroxyl groups excluding tert-OH is 1. The number of ketones is 1. The average molecular weight is 629 g/mol. The minimum Gasteiger partial charge on any atom is -0.465 e. The zero-order valence-corrected chi connectivity index (χ0v) is 26.9. The summed E-state index contributed by atoms with van der Waals surface area (Å²) in [7, 11) is 0. The number of rotatable bonds is 7. The second kappa shape index (κ2) is 11.2. The van der Waals surface area contributed by atoms with E-state index in [-0.39, 0.29) is 36.7 Å². The van der Waals surface area contributed by atoms with Gasteiger partial charge < -0.3 is 29.2 Å². The Morgan fingerprint density at radius 3 is 2.20 bits per heavy atom. The van der Waals surface area contributed by atoms with E-state index in [2.05, 4.69) is 0 Å². The highest BCUT2D eigenvalue weighted by Crippen LogP contribution is 2.75. The van der Waals surface area contributed by atoms with Crippen LogP contribution in [0, 0.1) is 40.4 Å². The van der Waals surface area contributed by atoms with Gasteiger partial charge in [0.05, 0.1) is 23.0 Å². The molecule has 4 fully saturated rings. The summed E-state index contributed by atoms with van der Waals surface area (Å²) in [5, 5.41) is 24.9. The van der Waals surface area contributed by atoms with Gasteiger partial charge in [0.2, 0.25) is 5.78 Å². The highest BCUT2D eigenvalue weighted by Gasteiger charge is 2.83. The molecule has 2 N–H and O–H groups in total. The van der Waals surface area contributed by atoms with Crippen molar-refractivity contribution < 1.29 is 53.1 Å². The van der Waals surface area contributed by atoms with Crippen molar-refractivity contribution in [2.75, 3.05) is 6.61 Å². The highest BCUT2D eigenvalue weighted by atomic mass is 16.6. The highest BCUT2D eigenvalue weighted by molar-refractivity contribution is 5.98. The minimum absolute atomic E-state index is 0.00370. The summed E-state index contributed by atoms with van der Waals surface area (Å²) >= 11 is 0. The summed E-state index contributed by atoms with van der Waals surface area (Å²) in [6, 6.07) is 8.10. The Morgan fingerprint density at radius 2 is 1.62 bits per heavy atom. The zero-order valence-electron chi connectivity index (χ0n) is 26.9. The Kier molecular flexibility index (Phi) is 8.22. The molecule has 246 valence electrons. The number of benzene rings is 1. The van der Waals surface area contributed by atoms with Crippen molar-refractivity contribution >= 4 is 29.7 Å². The van der Waals surface area contributed by atoms with E-state index in [4.69, 9.17) is 18.9 Å². The summed E-state index contributed by atoms with van der Waals surface area (Å²) in [6.45, 7) is 10.5. The van der Waals surface area contributed by atoms with Crippen LogP contribution in [0.5, 0.6) is 0 Å². The fourth-order valence-corrected chi connectivity index (χ4v) is 9.33. The van der Waals surface area contributed by atoms with Gasteiger partial charge in [0.25, 0.3) is 0 Å². The predicted octanol–water partition coefficient (Wildman–Crippen LogP) is 3.03. The molecule has 0 spiro atoms. The number of aliphatic hydroxyl groups is 2. The third-order valence-corrected chi connectivity index (χ3v) is 11.2. The lowest BCUT2D eigenvalue weighted by molar-refractivity contribution is -0.225. The molecule has 11 nitrogen and oxygen atoms in total. The Bertz CT molecular complexity index is 1390. The standard InChI is InChI=1S/C34H44O11/c1-8-23(38)43-26-17(2)15-34(41)25(26)28(44-29(39)20-12-10-9-11-13-20)33(16-42-18(3)35)22(37)14-21-24(31(21,5)6)27(33)32(7,30(34)40)45-19(4)36/h9-13,17,21-22,24-28,37,41H,8,14-16H2,1-7H3. The van der Waals surface area contributed by atoms with E-state index >= 15 is 0 Å². The zero-order chi connectivity index (χ0) is 33.3. The third kappa shape index (κ3) is 4.97. The van der Waals surface area contributed by atoms with E-state index in [0.29, 0.717) is 0 Å².